The normalized spacial score (nSPS) is 10.5. The van der Waals surface area contributed by atoms with Crippen LogP contribution in [-0.2, 0) is 0 Å². The Hall–Kier alpha value is -1.48. The molecule has 0 atom stereocenters. The van der Waals surface area contributed by atoms with Crippen LogP contribution in [0.3, 0.4) is 0 Å². The maximum absolute atomic E-state index is 6.14. The molecule has 0 aliphatic carbocycles. The summed E-state index contributed by atoms with van der Waals surface area (Å²) in [5.74, 6) is 0.820. The first-order valence-electron chi connectivity index (χ1n) is 4.91. The van der Waals surface area contributed by atoms with Gasteiger partial charge >= 0.3 is 0 Å². The number of aromatic nitrogens is 1. The van der Waals surface area contributed by atoms with E-state index in [9.17, 15) is 0 Å². The molecule has 1 heterocycles. The van der Waals surface area contributed by atoms with Crippen molar-refractivity contribution in [3.63, 3.8) is 0 Å². The Balaban J connectivity index is 2.89. The second-order valence-corrected chi connectivity index (χ2v) is 3.87. The maximum atomic E-state index is 6.14. The molecule has 4 heteroatoms. The van der Waals surface area contributed by atoms with Crippen molar-refractivity contribution < 1.29 is 14.3 Å². The number of hydrogen-bond donors (Lipinski definition) is 0. The van der Waals surface area contributed by atoms with E-state index in [1.165, 1.54) is 0 Å². The Kier molecular flexibility index (Phi) is 2.88. The van der Waals surface area contributed by atoms with Crippen molar-refractivity contribution in [1.29, 1.82) is 0 Å². The second kappa shape index (κ2) is 4.18. The standard InChI is InChI=1S/C12H13ClNO2/c1-8-11(15-2)5-4-9-10(13)6-7-14(16-3)12(8)9/h4-7H,1-3H3/q+1. The van der Waals surface area contributed by atoms with E-state index in [1.54, 1.807) is 31.2 Å². The van der Waals surface area contributed by atoms with Gasteiger partial charge in [0.2, 0.25) is 6.20 Å². The number of methoxy groups -OCH3 is 1. The van der Waals surface area contributed by atoms with Crippen molar-refractivity contribution in [3.8, 4) is 5.75 Å². The summed E-state index contributed by atoms with van der Waals surface area (Å²) in [6.07, 6.45) is 1.79. The zero-order valence-electron chi connectivity index (χ0n) is 9.45. The predicted octanol–water partition coefficient (Wildman–Crippen LogP) is 2.16. The summed E-state index contributed by atoms with van der Waals surface area (Å²) in [5.41, 5.74) is 1.93. The Morgan fingerprint density at radius 2 is 1.94 bits per heavy atom. The van der Waals surface area contributed by atoms with E-state index in [1.807, 2.05) is 19.1 Å². The van der Waals surface area contributed by atoms with Crippen molar-refractivity contribution in [2.45, 2.75) is 6.92 Å². The third kappa shape index (κ3) is 1.57. The zero-order valence-corrected chi connectivity index (χ0v) is 10.2. The first kappa shape index (κ1) is 11.0. The minimum absolute atomic E-state index is 0.703. The topological polar surface area (TPSA) is 22.3 Å². The molecule has 0 N–H and O–H groups in total. The van der Waals surface area contributed by atoms with Crippen molar-refractivity contribution in [2.24, 2.45) is 0 Å². The molecule has 1 aromatic carbocycles. The largest absolute Gasteiger partial charge is 0.496 e. The molecular weight excluding hydrogens is 226 g/mol. The van der Waals surface area contributed by atoms with Gasteiger partial charge in [-0.05, 0) is 19.1 Å². The van der Waals surface area contributed by atoms with Crippen LogP contribution in [0.15, 0.2) is 24.4 Å². The first-order valence-corrected chi connectivity index (χ1v) is 5.28. The molecule has 0 amide bonds. The van der Waals surface area contributed by atoms with E-state index in [0.717, 1.165) is 22.2 Å². The van der Waals surface area contributed by atoms with E-state index >= 15 is 0 Å². The summed E-state index contributed by atoms with van der Waals surface area (Å²) < 4.78 is 6.96. The monoisotopic (exact) mass is 238 g/mol. The SMILES string of the molecule is COc1ccc2c(Cl)cc[n+](OC)c2c1C. The minimum atomic E-state index is 0.703. The van der Waals surface area contributed by atoms with Crippen molar-refractivity contribution >= 4 is 22.5 Å². The van der Waals surface area contributed by atoms with Crippen LogP contribution >= 0.6 is 11.6 Å². The van der Waals surface area contributed by atoms with Gasteiger partial charge in [0.05, 0.1) is 23.1 Å². The lowest BCUT2D eigenvalue weighted by Crippen LogP contribution is -2.41. The molecule has 0 aliphatic rings. The van der Waals surface area contributed by atoms with Crippen LogP contribution in [0, 0.1) is 6.92 Å². The number of rotatable bonds is 2. The summed E-state index contributed by atoms with van der Waals surface area (Å²) in [4.78, 5) is 5.27. The molecule has 84 valence electrons. The molecule has 3 nitrogen and oxygen atoms in total. The quantitative estimate of drug-likeness (QED) is 0.749. The highest BCUT2D eigenvalue weighted by Gasteiger charge is 2.18. The third-order valence-corrected chi connectivity index (χ3v) is 2.96. The van der Waals surface area contributed by atoms with Crippen molar-refractivity contribution in [2.75, 3.05) is 14.2 Å². The zero-order chi connectivity index (χ0) is 11.7. The van der Waals surface area contributed by atoms with Gasteiger partial charge in [0, 0.05) is 10.8 Å². The van der Waals surface area contributed by atoms with Gasteiger partial charge in [-0.25, -0.2) is 0 Å². The van der Waals surface area contributed by atoms with Crippen LogP contribution in [0.4, 0.5) is 0 Å². The number of hydrogen-bond acceptors (Lipinski definition) is 2. The van der Waals surface area contributed by atoms with Gasteiger partial charge in [0.1, 0.15) is 12.9 Å². The molecule has 0 fully saturated rings. The van der Waals surface area contributed by atoms with Crippen LogP contribution < -0.4 is 14.3 Å². The molecule has 0 unspecified atom stereocenters. The van der Waals surface area contributed by atoms with Crippen LogP contribution in [-0.4, -0.2) is 14.2 Å². The Bertz CT molecular complexity index is 540. The number of aryl methyl sites for hydroxylation is 1. The molecule has 0 saturated carbocycles. The number of nitrogens with zero attached hydrogens (tertiary/aromatic N) is 1. The number of pyridine rings is 1. The van der Waals surface area contributed by atoms with Gasteiger partial charge in [0.15, 0.2) is 0 Å². The Morgan fingerprint density at radius 3 is 2.56 bits per heavy atom. The molecule has 2 aromatic rings. The van der Waals surface area contributed by atoms with Crippen LogP contribution in [0.25, 0.3) is 10.9 Å². The van der Waals surface area contributed by atoms with Crippen LogP contribution in [0.2, 0.25) is 5.02 Å². The summed E-state index contributed by atoms with van der Waals surface area (Å²) in [6, 6.07) is 5.64. The molecule has 16 heavy (non-hydrogen) atoms. The molecule has 0 aliphatic heterocycles. The van der Waals surface area contributed by atoms with Crippen molar-refractivity contribution in [1.82, 2.24) is 0 Å². The van der Waals surface area contributed by atoms with Gasteiger partial charge in [-0.3, -0.25) is 4.84 Å². The summed E-state index contributed by atoms with van der Waals surface area (Å²) in [6.45, 7) is 1.98. The van der Waals surface area contributed by atoms with E-state index < -0.39 is 0 Å². The lowest BCUT2D eigenvalue weighted by atomic mass is 10.1. The number of benzene rings is 1. The fourth-order valence-electron chi connectivity index (χ4n) is 1.83. The highest BCUT2D eigenvalue weighted by Crippen LogP contribution is 2.28. The lowest BCUT2D eigenvalue weighted by molar-refractivity contribution is -0.865. The average Bonchev–Trinajstić information content (AvgIpc) is 2.31. The fraction of sp³-hybridized carbons (Fsp3) is 0.250. The van der Waals surface area contributed by atoms with Gasteiger partial charge in [-0.15, -0.1) is 0 Å². The summed E-state index contributed by atoms with van der Waals surface area (Å²) >= 11 is 6.14. The van der Waals surface area contributed by atoms with Crippen molar-refractivity contribution in [3.05, 3.63) is 35.0 Å². The van der Waals surface area contributed by atoms with Gasteiger partial charge in [-0.1, -0.05) is 11.6 Å². The van der Waals surface area contributed by atoms with Gasteiger partial charge in [-0.2, -0.15) is 0 Å². The van der Waals surface area contributed by atoms with E-state index in [-0.39, 0.29) is 0 Å². The maximum Gasteiger partial charge on any atom is 0.272 e. The number of fused-ring (bicyclic) bond motifs is 1. The van der Waals surface area contributed by atoms with E-state index in [4.69, 9.17) is 21.2 Å². The minimum Gasteiger partial charge on any atom is -0.496 e. The Labute approximate surface area is 99.1 Å². The third-order valence-electron chi connectivity index (χ3n) is 2.63. The molecule has 1 aromatic heterocycles. The number of ether oxygens (including phenoxy) is 1. The molecule has 2 rings (SSSR count). The number of halogens is 1. The van der Waals surface area contributed by atoms with E-state index in [2.05, 4.69) is 0 Å². The highest BCUT2D eigenvalue weighted by molar-refractivity contribution is 6.35. The van der Waals surface area contributed by atoms with E-state index in [0.29, 0.717) is 5.02 Å². The summed E-state index contributed by atoms with van der Waals surface area (Å²) in [5, 5.41) is 1.65. The lowest BCUT2D eigenvalue weighted by Gasteiger charge is -2.06. The molecule has 0 saturated heterocycles. The fourth-order valence-corrected chi connectivity index (χ4v) is 2.04. The second-order valence-electron chi connectivity index (χ2n) is 3.46. The highest BCUT2D eigenvalue weighted by atomic mass is 35.5. The first-order chi connectivity index (χ1) is 7.69. The molecule has 0 bridgehead atoms. The van der Waals surface area contributed by atoms with Gasteiger partial charge in [0.25, 0.3) is 5.52 Å². The Morgan fingerprint density at radius 1 is 1.19 bits per heavy atom. The molecule has 0 radical (unpaired) electrons. The van der Waals surface area contributed by atoms with Gasteiger partial charge < -0.3 is 4.74 Å². The molecular formula is C12H13ClNO2+. The summed E-state index contributed by atoms with van der Waals surface area (Å²) in [7, 11) is 3.27. The predicted molar refractivity (Wildman–Crippen MR) is 62.9 cm³/mol. The molecule has 0 spiro atoms. The average molecular weight is 239 g/mol. The smallest absolute Gasteiger partial charge is 0.272 e. The van der Waals surface area contributed by atoms with Crippen LogP contribution in [0.5, 0.6) is 5.75 Å². The van der Waals surface area contributed by atoms with Crippen LogP contribution in [0.1, 0.15) is 5.56 Å².